The van der Waals surface area contributed by atoms with Crippen molar-refractivity contribution in [3.05, 3.63) is 60.4 Å². The third kappa shape index (κ3) is 4.05. The Morgan fingerprint density at radius 2 is 1.84 bits per heavy atom. The number of amides is 2. The zero-order valence-electron chi connectivity index (χ0n) is 16.7. The fraction of sp³-hybridized carbons (Fsp3) is 0.0476. The monoisotopic (exact) mass is 455 g/mol. The quantitative estimate of drug-likeness (QED) is 0.234. The van der Waals surface area contributed by atoms with Gasteiger partial charge in [-0.2, -0.15) is 5.10 Å². The molecule has 164 valence electrons. The first kappa shape index (κ1) is 21.1. The molecular formula is C21H18FN5O4S. The van der Waals surface area contributed by atoms with Crippen LogP contribution in [0.25, 0.3) is 22.0 Å². The van der Waals surface area contributed by atoms with Gasteiger partial charge in [0.15, 0.2) is 15.7 Å². The van der Waals surface area contributed by atoms with Gasteiger partial charge in [-0.1, -0.05) is 18.2 Å². The predicted octanol–water partition coefficient (Wildman–Crippen LogP) is 3.70. The van der Waals surface area contributed by atoms with Crippen LogP contribution in [0.15, 0.2) is 59.5 Å². The maximum Gasteiger partial charge on any atom is 0.323 e. The average molecular weight is 455 g/mol. The zero-order valence-corrected chi connectivity index (χ0v) is 17.5. The van der Waals surface area contributed by atoms with E-state index >= 15 is 0 Å². The number of aromatic amines is 1. The van der Waals surface area contributed by atoms with Gasteiger partial charge in [0.05, 0.1) is 27.2 Å². The van der Waals surface area contributed by atoms with Gasteiger partial charge in [0, 0.05) is 6.26 Å². The number of sulfone groups is 1. The smallest absolute Gasteiger partial charge is 0.323 e. The molecule has 1 aromatic heterocycles. The van der Waals surface area contributed by atoms with Crippen LogP contribution in [0.2, 0.25) is 0 Å². The van der Waals surface area contributed by atoms with Crippen LogP contribution in [-0.2, 0) is 9.84 Å². The minimum absolute atomic E-state index is 0.0678. The number of fused-ring (bicyclic) bond motifs is 1. The lowest BCUT2D eigenvalue weighted by molar-refractivity contribution is 0.262. The molecule has 3 aromatic carbocycles. The Kier molecular flexibility index (Phi) is 5.18. The number of urea groups is 1. The summed E-state index contributed by atoms with van der Waals surface area (Å²) < 4.78 is 37.3. The van der Waals surface area contributed by atoms with Gasteiger partial charge in [-0.15, -0.1) is 0 Å². The Morgan fingerprint density at radius 1 is 1.09 bits per heavy atom. The molecule has 0 saturated carbocycles. The molecule has 4 aromatic rings. The van der Waals surface area contributed by atoms with Crippen molar-refractivity contribution in [2.75, 3.05) is 22.6 Å². The predicted molar refractivity (Wildman–Crippen MR) is 120 cm³/mol. The van der Waals surface area contributed by atoms with Gasteiger partial charge < -0.3 is 21.5 Å². The molecule has 0 unspecified atom stereocenters. The molecule has 0 bridgehead atoms. The van der Waals surface area contributed by atoms with Gasteiger partial charge >= 0.3 is 6.03 Å². The number of hydrogen-bond donors (Lipinski definition) is 5. The molecule has 0 aliphatic heterocycles. The van der Waals surface area contributed by atoms with Crippen molar-refractivity contribution < 1.29 is 22.7 Å². The number of carbonyl (C=O) groups excluding carboxylic acids is 1. The molecule has 0 radical (unpaired) electrons. The molecule has 0 fully saturated rings. The first-order chi connectivity index (χ1) is 15.1. The lowest BCUT2D eigenvalue weighted by atomic mass is 10.0. The minimum atomic E-state index is -3.58. The van der Waals surface area contributed by atoms with Gasteiger partial charge in [-0.25, -0.2) is 17.6 Å². The Labute approximate surface area is 182 Å². The summed E-state index contributed by atoms with van der Waals surface area (Å²) >= 11 is 0. The number of nitrogen functional groups attached to an aromatic ring is 1. The number of carbonyl (C=O) groups is 1. The largest absolute Gasteiger partial charge is 0.506 e. The Hall–Kier alpha value is -4.12. The van der Waals surface area contributed by atoms with Crippen LogP contribution in [0.5, 0.6) is 5.75 Å². The summed E-state index contributed by atoms with van der Waals surface area (Å²) in [7, 11) is -3.58. The standard InChI is InChI=1S/C21H18FN5O4S/c1-32(30,31)12-6-7-14(22)17(10-12)25-21(29)24-15-8-5-11(9-18(15)28)13-3-2-4-16-19(13)20(23)27-26-16/h2-10,28H,1H3,(H3,23,26,27)(H2,24,25,29). The minimum Gasteiger partial charge on any atom is -0.506 e. The lowest BCUT2D eigenvalue weighted by Gasteiger charge is -2.12. The summed E-state index contributed by atoms with van der Waals surface area (Å²) in [5.74, 6) is -0.727. The molecule has 9 nitrogen and oxygen atoms in total. The van der Waals surface area contributed by atoms with E-state index in [1.54, 1.807) is 6.07 Å². The molecule has 6 N–H and O–H groups in total. The molecule has 11 heteroatoms. The van der Waals surface area contributed by atoms with E-state index in [2.05, 4.69) is 20.8 Å². The number of aromatic nitrogens is 2. The molecule has 32 heavy (non-hydrogen) atoms. The normalized spacial score (nSPS) is 11.4. The number of phenols is 1. The maximum absolute atomic E-state index is 14.0. The van der Waals surface area contributed by atoms with Crippen molar-refractivity contribution in [1.82, 2.24) is 10.2 Å². The molecule has 0 aliphatic rings. The topological polar surface area (TPSA) is 150 Å². The highest BCUT2D eigenvalue weighted by atomic mass is 32.2. The summed E-state index contributed by atoms with van der Waals surface area (Å²) in [6.07, 6.45) is 0.974. The summed E-state index contributed by atoms with van der Waals surface area (Å²) in [4.78, 5) is 12.2. The number of phenolic OH excluding ortho intramolecular Hbond substituents is 1. The highest BCUT2D eigenvalue weighted by molar-refractivity contribution is 7.90. The number of rotatable bonds is 4. The third-order valence-corrected chi connectivity index (χ3v) is 5.90. The number of nitrogens with two attached hydrogens (primary N) is 1. The molecule has 4 rings (SSSR count). The van der Waals surface area contributed by atoms with E-state index in [9.17, 15) is 22.7 Å². The second-order valence-electron chi connectivity index (χ2n) is 7.06. The zero-order chi connectivity index (χ0) is 23.0. The average Bonchev–Trinajstić information content (AvgIpc) is 3.11. The second kappa shape index (κ2) is 7.85. The van der Waals surface area contributed by atoms with E-state index in [0.29, 0.717) is 16.8 Å². The maximum atomic E-state index is 14.0. The summed E-state index contributed by atoms with van der Waals surface area (Å²) in [6, 6.07) is 12.2. The van der Waals surface area contributed by atoms with Crippen LogP contribution in [0.1, 0.15) is 0 Å². The number of nitrogens with zero attached hydrogens (tertiary/aromatic N) is 1. The molecule has 0 atom stereocenters. The van der Waals surface area contributed by atoms with Crippen molar-refractivity contribution in [1.29, 1.82) is 0 Å². The van der Waals surface area contributed by atoms with Crippen LogP contribution in [0, 0.1) is 5.82 Å². The van der Waals surface area contributed by atoms with Gasteiger partial charge in [0.1, 0.15) is 11.6 Å². The van der Waals surface area contributed by atoms with Crippen LogP contribution in [0.3, 0.4) is 0 Å². The van der Waals surface area contributed by atoms with Crippen LogP contribution >= 0.6 is 0 Å². The molecule has 2 amide bonds. The van der Waals surface area contributed by atoms with Gasteiger partial charge in [-0.05, 0) is 47.5 Å². The SMILES string of the molecule is CS(=O)(=O)c1ccc(F)c(NC(=O)Nc2ccc(-c3cccc4[nH]nc(N)c34)cc2O)c1. The van der Waals surface area contributed by atoms with E-state index in [0.717, 1.165) is 35.5 Å². The first-order valence-electron chi connectivity index (χ1n) is 9.27. The highest BCUT2D eigenvalue weighted by Crippen LogP contribution is 2.35. The molecular weight excluding hydrogens is 437 g/mol. The van der Waals surface area contributed by atoms with Crippen molar-refractivity contribution in [3.63, 3.8) is 0 Å². The van der Waals surface area contributed by atoms with Gasteiger partial charge in [0.25, 0.3) is 0 Å². The van der Waals surface area contributed by atoms with Crippen LogP contribution in [0.4, 0.5) is 26.4 Å². The van der Waals surface area contributed by atoms with Gasteiger partial charge in [-0.3, -0.25) is 5.10 Å². The fourth-order valence-corrected chi connectivity index (χ4v) is 3.90. The molecule has 0 aliphatic carbocycles. The van der Waals surface area contributed by atoms with Crippen molar-refractivity contribution in [2.24, 2.45) is 0 Å². The molecule has 0 spiro atoms. The Balaban J connectivity index is 1.57. The van der Waals surface area contributed by atoms with E-state index in [-0.39, 0.29) is 22.0 Å². The molecule has 1 heterocycles. The van der Waals surface area contributed by atoms with E-state index < -0.39 is 21.7 Å². The van der Waals surface area contributed by atoms with Crippen LogP contribution < -0.4 is 16.4 Å². The summed E-state index contributed by atoms with van der Waals surface area (Å²) in [6.45, 7) is 0. The number of hydrogen-bond acceptors (Lipinski definition) is 6. The van der Waals surface area contributed by atoms with Crippen molar-refractivity contribution in [3.8, 4) is 16.9 Å². The van der Waals surface area contributed by atoms with Gasteiger partial charge in [0.2, 0.25) is 0 Å². The number of halogens is 1. The highest BCUT2D eigenvalue weighted by Gasteiger charge is 2.15. The number of nitrogens with one attached hydrogen (secondary N) is 3. The Bertz CT molecular complexity index is 1470. The fourth-order valence-electron chi connectivity index (χ4n) is 3.25. The second-order valence-corrected chi connectivity index (χ2v) is 9.08. The van der Waals surface area contributed by atoms with E-state index in [1.807, 2.05) is 18.2 Å². The third-order valence-electron chi connectivity index (χ3n) is 4.79. The lowest BCUT2D eigenvalue weighted by Crippen LogP contribution is -2.20. The number of anilines is 3. The molecule has 0 saturated heterocycles. The van der Waals surface area contributed by atoms with Crippen molar-refractivity contribution in [2.45, 2.75) is 4.90 Å². The van der Waals surface area contributed by atoms with Crippen molar-refractivity contribution >= 4 is 44.0 Å². The van der Waals surface area contributed by atoms with E-state index in [4.69, 9.17) is 5.73 Å². The number of benzene rings is 3. The summed E-state index contributed by atoms with van der Waals surface area (Å²) in [5.41, 5.74) is 7.79. The van der Waals surface area contributed by atoms with Crippen LogP contribution in [-0.4, -0.2) is 36.0 Å². The first-order valence-corrected chi connectivity index (χ1v) is 11.2. The number of aromatic hydroxyl groups is 1. The number of H-pyrrole nitrogens is 1. The summed E-state index contributed by atoms with van der Waals surface area (Å²) in [5, 5.41) is 22.6. The van der Waals surface area contributed by atoms with E-state index in [1.165, 1.54) is 12.1 Å². The Morgan fingerprint density at radius 3 is 2.56 bits per heavy atom.